The second kappa shape index (κ2) is 6.32. The number of hydrogen-bond acceptors (Lipinski definition) is 4. The van der Waals surface area contributed by atoms with Crippen LogP contribution in [-0.4, -0.2) is 15.0 Å². The van der Waals surface area contributed by atoms with Crippen molar-refractivity contribution in [3.05, 3.63) is 47.4 Å². The van der Waals surface area contributed by atoms with Gasteiger partial charge in [0.25, 0.3) is 0 Å². The molecule has 0 fully saturated rings. The normalized spacial score (nSPS) is 11.6. The predicted octanol–water partition coefficient (Wildman–Crippen LogP) is 2.77. The lowest BCUT2D eigenvalue weighted by Gasteiger charge is -2.07. The van der Waals surface area contributed by atoms with Crippen LogP contribution < -0.4 is 9.46 Å². The Morgan fingerprint density at radius 2 is 1.86 bits per heavy atom. The molecule has 114 valence electrons. The average molecular weight is 309 g/mol. The summed E-state index contributed by atoms with van der Waals surface area (Å²) in [5.74, 6) is 2.14. The Balaban J connectivity index is 2.09. The van der Waals surface area contributed by atoms with E-state index in [-0.39, 0.29) is 11.4 Å². The Morgan fingerprint density at radius 1 is 1.19 bits per heavy atom. The van der Waals surface area contributed by atoms with Gasteiger partial charge in [0, 0.05) is 12.1 Å². The molecule has 0 saturated carbocycles. The highest BCUT2D eigenvalue weighted by molar-refractivity contribution is 7.89. The number of rotatable bonds is 6. The van der Waals surface area contributed by atoms with Crippen molar-refractivity contribution in [1.29, 1.82) is 0 Å². The van der Waals surface area contributed by atoms with Crippen molar-refractivity contribution < 1.29 is 17.6 Å². The van der Waals surface area contributed by atoms with E-state index in [1.807, 2.05) is 26.8 Å². The molecule has 6 heteroatoms. The van der Waals surface area contributed by atoms with Crippen molar-refractivity contribution in [1.82, 2.24) is 4.72 Å². The largest absolute Gasteiger partial charge is 0.494 e. The van der Waals surface area contributed by atoms with E-state index in [1.54, 1.807) is 12.1 Å². The Hall–Kier alpha value is -1.79. The molecule has 0 aliphatic heterocycles. The topological polar surface area (TPSA) is 68.5 Å². The Bertz CT molecular complexity index is 702. The molecule has 5 nitrogen and oxygen atoms in total. The monoisotopic (exact) mass is 309 g/mol. The van der Waals surface area contributed by atoms with E-state index in [9.17, 15) is 8.42 Å². The van der Waals surface area contributed by atoms with Crippen LogP contribution >= 0.6 is 0 Å². The first-order chi connectivity index (χ1) is 9.92. The summed E-state index contributed by atoms with van der Waals surface area (Å²) in [7, 11) is -3.54. The zero-order valence-electron chi connectivity index (χ0n) is 12.3. The van der Waals surface area contributed by atoms with Gasteiger partial charge in [-0.3, -0.25) is 0 Å². The molecule has 0 aliphatic carbocycles. The van der Waals surface area contributed by atoms with Crippen molar-refractivity contribution in [3.63, 3.8) is 0 Å². The van der Waals surface area contributed by atoms with Crippen LogP contribution in [0.1, 0.15) is 24.0 Å². The van der Waals surface area contributed by atoms with Crippen LogP contribution in [0.25, 0.3) is 0 Å². The molecular formula is C15H19NO4S. The molecule has 2 aromatic rings. The van der Waals surface area contributed by atoms with E-state index in [0.29, 0.717) is 12.4 Å². The van der Waals surface area contributed by atoms with Crippen LogP contribution in [-0.2, 0) is 16.6 Å². The standard InChI is InChI=1S/C15H19NO4S/c1-4-19-14-5-7-15(8-6-14)21(17,18)16-10-13-9-11(2)20-12(13)3/h5-9,16H,4,10H2,1-3H3. The molecule has 1 heterocycles. The van der Waals surface area contributed by atoms with Crippen LogP contribution in [0.3, 0.4) is 0 Å². The van der Waals surface area contributed by atoms with E-state index < -0.39 is 10.0 Å². The molecule has 1 aromatic heterocycles. The molecule has 21 heavy (non-hydrogen) atoms. The number of benzene rings is 1. The summed E-state index contributed by atoms with van der Waals surface area (Å²) in [5.41, 5.74) is 0.835. The van der Waals surface area contributed by atoms with Gasteiger partial charge < -0.3 is 9.15 Å². The summed E-state index contributed by atoms with van der Waals surface area (Å²) >= 11 is 0. The molecule has 0 spiro atoms. The van der Waals surface area contributed by atoms with Gasteiger partial charge in [0.15, 0.2) is 0 Å². The maximum Gasteiger partial charge on any atom is 0.240 e. The van der Waals surface area contributed by atoms with Crippen molar-refractivity contribution in [2.24, 2.45) is 0 Å². The summed E-state index contributed by atoms with van der Waals surface area (Å²) in [6.07, 6.45) is 0. The van der Waals surface area contributed by atoms with Crippen LogP contribution in [0, 0.1) is 13.8 Å². The van der Waals surface area contributed by atoms with Crippen LogP contribution in [0.4, 0.5) is 0 Å². The minimum Gasteiger partial charge on any atom is -0.494 e. The van der Waals surface area contributed by atoms with Gasteiger partial charge in [-0.25, -0.2) is 13.1 Å². The summed E-state index contributed by atoms with van der Waals surface area (Å²) in [6.45, 7) is 6.27. The minimum absolute atomic E-state index is 0.207. The second-order valence-corrected chi connectivity index (χ2v) is 6.43. The van der Waals surface area contributed by atoms with E-state index in [2.05, 4.69) is 4.72 Å². The Morgan fingerprint density at radius 3 is 2.38 bits per heavy atom. The first-order valence-electron chi connectivity index (χ1n) is 6.71. The first-order valence-corrected chi connectivity index (χ1v) is 8.19. The highest BCUT2D eigenvalue weighted by Crippen LogP contribution is 2.17. The Kier molecular flexibility index (Phi) is 4.69. The number of furan rings is 1. The average Bonchev–Trinajstić information content (AvgIpc) is 2.76. The molecule has 1 N–H and O–H groups in total. The van der Waals surface area contributed by atoms with Gasteiger partial charge in [-0.05, 0) is 51.1 Å². The van der Waals surface area contributed by atoms with E-state index in [1.165, 1.54) is 12.1 Å². The molecule has 2 rings (SSSR count). The molecule has 0 unspecified atom stereocenters. The van der Waals surface area contributed by atoms with Crippen molar-refractivity contribution >= 4 is 10.0 Å². The molecule has 0 radical (unpaired) electrons. The van der Waals surface area contributed by atoms with E-state index >= 15 is 0 Å². The van der Waals surface area contributed by atoms with Gasteiger partial charge in [0.05, 0.1) is 11.5 Å². The number of sulfonamides is 1. The number of hydrogen-bond donors (Lipinski definition) is 1. The second-order valence-electron chi connectivity index (χ2n) is 4.67. The third kappa shape index (κ3) is 3.86. The molecule has 1 aromatic carbocycles. The van der Waals surface area contributed by atoms with E-state index in [4.69, 9.17) is 9.15 Å². The molecular weight excluding hydrogens is 290 g/mol. The zero-order valence-corrected chi connectivity index (χ0v) is 13.2. The van der Waals surface area contributed by atoms with Gasteiger partial charge in [-0.2, -0.15) is 0 Å². The summed E-state index contributed by atoms with van der Waals surface area (Å²) in [6, 6.07) is 8.17. The lowest BCUT2D eigenvalue weighted by molar-refractivity contribution is 0.340. The fraction of sp³-hybridized carbons (Fsp3) is 0.333. The van der Waals surface area contributed by atoms with Gasteiger partial charge in [0.2, 0.25) is 10.0 Å². The number of nitrogens with one attached hydrogen (secondary N) is 1. The summed E-state index contributed by atoms with van der Waals surface area (Å²) in [4.78, 5) is 0.212. The molecule has 0 saturated heterocycles. The van der Waals surface area contributed by atoms with E-state index in [0.717, 1.165) is 17.1 Å². The number of ether oxygens (including phenoxy) is 1. The third-order valence-corrected chi connectivity index (χ3v) is 4.46. The highest BCUT2D eigenvalue weighted by Gasteiger charge is 2.15. The third-order valence-electron chi connectivity index (χ3n) is 3.04. The zero-order chi connectivity index (χ0) is 15.5. The van der Waals surface area contributed by atoms with Crippen molar-refractivity contribution in [2.75, 3.05) is 6.61 Å². The maximum absolute atomic E-state index is 12.2. The first kappa shape index (κ1) is 15.6. The van der Waals surface area contributed by atoms with Crippen molar-refractivity contribution in [2.45, 2.75) is 32.2 Å². The summed E-state index contributed by atoms with van der Waals surface area (Å²) in [5, 5.41) is 0. The summed E-state index contributed by atoms with van der Waals surface area (Å²) < 4.78 is 37.7. The quantitative estimate of drug-likeness (QED) is 0.891. The van der Waals surface area contributed by atoms with Crippen LogP contribution in [0.2, 0.25) is 0 Å². The molecule has 0 bridgehead atoms. The smallest absolute Gasteiger partial charge is 0.240 e. The van der Waals surface area contributed by atoms with Gasteiger partial charge in [-0.1, -0.05) is 0 Å². The van der Waals surface area contributed by atoms with Gasteiger partial charge in [0.1, 0.15) is 17.3 Å². The van der Waals surface area contributed by atoms with Gasteiger partial charge >= 0.3 is 0 Å². The molecule has 0 amide bonds. The number of aryl methyl sites for hydroxylation is 2. The Labute approximate surface area is 125 Å². The highest BCUT2D eigenvalue weighted by atomic mass is 32.2. The fourth-order valence-electron chi connectivity index (χ4n) is 2.00. The van der Waals surface area contributed by atoms with Crippen LogP contribution in [0.5, 0.6) is 5.75 Å². The predicted molar refractivity (Wildman–Crippen MR) is 79.8 cm³/mol. The van der Waals surface area contributed by atoms with Gasteiger partial charge in [-0.15, -0.1) is 0 Å². The minimum atomic E-state index is -3.54. The molecule has 0 aliphatic rings. The lowest BCUT2D eigenvalue weighted by atomic mass is 10.2. The lowest BCUT2D eigenvalue weighted by Crippen LogP contribution is -2.23. The fourth-order valence-corrected chi connectivity index (χ4v) is 3.00. The molecule has 0 atom stereocenters. The SMILES string of the molecule is CCOc1ccc(S(=O)(=O)NCc2cc(C)oc2C)cc1. The maximum atomic E-state index is 12.2. The van der Waals surface area contributed by atoms with Crippen LogP contribution in [0.15, 0.2) is 39.6 Å². The van der Waals surface area contributed by atoms with Crippen molar-refractivity contribution in [3.8, 4) is 5.75 Å².